The van der Waals surface area contributed by atoms with E-state index in [9.17, 15) is 5.11 Å². The first kappa shape index (κ1) is 18.7. The van der Waals surface area contributed by atoms with Crippen LogP contribution in [0.3, 0.4) is 0 Å². The van der Waals surface area contributed by atoms with E-state index < -0.39 is 0 Å². The zero-order valence-electron chi connectivity index (χ0n) is 16.5. The van der Waals surface area contributed by atoms with Gasteiger partial charge < -0.3 is 15.2 Å². The first-order valence-electron chi connectivity index (χ1n) is 9.46. The third kappa shape index (κ3) is 4.11. The van der Waals surface area contributed by atoms with Crippen molar-refractivity contribution < 1.29 is 9.84 Å². The van der Waals surface area contributed by atoms with Gasteiger partial charge in [-0.1, -0.05) is 19.9 Å². The van der Waals surface area contributed by atoms with E-state index in [4.69, 9.17) is 4.74 Å². The molecule has 0 bridgehead atoms. The number of benzene rings is 2. The average Bonchev–Trinajstić information content (AvgIpc) is 2.71. The SMILES string of the molecule is Cc1ccc(Oc2ccc(O)cc2)c(Nc2ncnc3nc(C(C)C)ccc23)c1. The Morgan fingerprint density at radius 1 is 0.966 bits per heavy atom. The first-order chi connectivity index (χ1) is 14.0. The van der Waals surface area contributed by atoms with Crippen LogP contribution in [-0.2, 0) is 0 Å². The normalized spacial score (nSPS) is 11.0. The van der Waals surface area contributed by atoms with Gasteiger partial charge in [-0.2, -0.15) is 0 Å². The number of aromatic nitrogens is 3. The van der Waals surface area contributed by atoms with Crippen molar-refractivity contribution in [3.8, 4) is 17.2 Å². The molecule has 2 N–H and O–H groups in total. The van der Waals surface area contributed by atoms with Gasteiger partial charge in [0.05, 0.1) is 11.1 Å². The number of hydrogen-bond acceptors (Lipinski definition) is 6. The molecule has 0 fully saturated rings. The second kappa shape index (κ2) is 7.75. The molecular weight excluding hydrogens is 364 g/mol. The van der Waals surface area contributed by atoms with Crippen LogP contribution in [0.5, 0.6) is 17.2 Å². The largest absolute Gasteiger partial charge is 0.508 e. The van der Waals surface area contributed by atoms with Crippen LogP contribution in [0, 0.1) is 6.92 Å². The monoisotopic (exact) mass is 386 g/mol. The van der Waals surface area contributed by atoms with Gasteiger partial charge in [0.25, 0.3) is 0 Å². The topological polar surface area (TPSA) is 80.2 Å². The zero-order valence-corrected chi connectivity index (χ0v) is 16.5. The Morgan fingerprint density at radius 3 is 2.52 bits per heavy atom. The van der Waals surface area contributed by atoms with Crippen molar-refractivity contribution in [2.24, 2.45) is 0 Å². The van der Waals surface area contributed by atoms with Crippen molar-refractivity contribution >= 4 is 22.5 Å². The fraction of sp³-hybridized carbons (Fsp3) is 0.174. The van der Waals surface area contributed by atoms with Gasteiger partial charge in [0.15, 0.2) is 11.4 Å². The summed E-state index contributed by atoms with van der Waals surface area (Å²) in [5.41, 5.74) is 3.52. The first-order valence-corrected chi connectivity index (χ1v) is 9.46. The number of ether oxygens (including phenoxy) is 1. The van der Waals surface area contributed by atoms with Gasteiger partial charge in [-0.25, -0.2) is 15.0 Å². The van der Waals surface area contributed by atoms with E-state index in [0.717, 1.165) is 22.3 Å². The van der Waals surface area contributed by atoms with Crippen LogP contribution in [0.4, 0.5) is 11.5 Å². The molecule has 2 aromatic heterocycles. The minimum Gasteiger partial charge on any atom is -0.508 e. The molecule has 0 radical (unpaired) electrons. The van der Waals surface area contributed by atoms with Gasteiger partial charge in [0.1, 0.15) is 23.6 Å². The standard InChI is InChI=1S/C23H22N4O2/c1-14(2)19-10-9-18-22(26-19)24-13-25-23(18)27-20-12-15(3)4-11-21(20)29-17-7-5-16(28)6-8-17/h4-14,28H,1-3H3,(H,24,25,26,27). The van der Waals surface area contributed by atoms with Gasteiger partial charge in [0, 0.05) is 5.69 Å². The maximum Gasteiger partial charge on any atom is 0.164 e. The van der Waals surface area contributed by atoms with Crippen molar-refractivity contribution in [3.05, 3.63) is 72.2 Å². The molecule has 6 heteroatoms. The average molecular weight is 386 g/mol. The maximum atomic E-state index is 9.47. The number of pyridine rings is 1. The highest BCUT2D eigenvalue weighted by molar-refractivity contribution is 5.89. The quantitative estimate of drug-likeness (QED) is 0.458. The molecule has 2 aromatic carbocycles. The van der Waals surface area contributed by atoms with Crippen molar-refractivity contribution in [2.45, 2.75) is 26.7 Å². The highest BCUT2D eigenvalue weighted by atomic mass is 16.5. The molecule has 0 atom stereocenters. The molecule has 2 heterocycles. The van der Waals surface area contributed by atoms with Crippen molar-refractivity contribution in [1.82, 2.24) is 15.0 Å². The molecule has 0 unspecified atom stereocenters. The summed E-state index contributed by atoms with van der Waals surface area (Å²) in [6.45, 7) is 6.23. The number of rotatable bonds is 5. The molecule has 0 amide bonds. The Balaban J connectivity index is 1.70. The fourth-order valence-corrected chi connectivity index (χ4v) is 2.98. The Bertz CT molecular complexity index is 1160. The van der Waals surface area contributed by atoms with Gasteiger partial charge in [-0.3, -0.25) is 0 Å². The number of anilines is 2. The number of hydrogen-bond donors (Lipinski definition) is 2. The highest BCUT2D eigenvalue weighted by Crippen LogP contribution is 2.34. The Labute approximate surface area is 169 Å². The van der Waals surface area contributed by atoms with Crippen LogP contribution < -0.4 is 10.1 Å². The predicted molar refractivity (Wildman–Crippen MR) is 114 cm³/mol. The fourth-order valence-electron chi connectivity index (χ4n) is 2.98. The predicted octanol–water partition coefficient (Wildman–Crippen LogP) is 5.70. The smallest absolute Gasteiger partial charge is 0.164 e. The number of aryl methyl sites for hydroxylation is 1. The minimum absolute atomic E-state index is 0.195. The van der Waals surface area contributed by atoms with Crippen LogP contribution >= 0.6 is 0 Å². The van der Waals surface area contributed by atoms with E-state index in [1.54, 1.807) is 24.3 Å². The molecule has 0 saturated carbocycles. The minimum atomic E-state index is 0.195. The second-order valence-electron chi connectivity index (χ2n) is 7.20. The molecule has 0 saturated heterocycles. The summed E-state index contributed by atoms with van der Waals surface area (Å²) in [5.74, 6) is 2.47. The van der Waals surface area contributed by atoms with Crippen LogP contribution in [0.2, 0.25) is 0 Å². The van der Waals surface area contributed by atoms with Crippen molar-refractivity contribution in [2.75, 3.05) is 5.32 Å². The van der Waals surface area contributed by atoms with E-state index in [0.29, 0.717) is 28.9 Å². The van der Waals surface area contributed by atoms with E-state index in [1.807, 2.05) is 37.3 Å². The third-order valence-corrected chi connectivity index (χ3v) is 4.56. The second-order valence-corrected chi connectivity index (χ2v) is 7.20. The van der Waals surface area contributed by atoms with E-state index in [2.05, 4.69) is 34.1 Å². The summed E-state index contributed by atoms with van der Waals surface area (Å²) in [5, 5.41) is 13.7. The van der Waals surface area contributed by atoms with Crippen molar-refractivity contribution in [3.63, 3.8) is 0 Å². The summed E-state index contributed by atoms with van der Waals surface area (Å²) in [6.07, 6.45) is 1.51. The number of phenols is 1. The summed E-state index contributed by atoms with van der Waals surface area (Å²) < 4.78 is 6.02. The van der Waals surface area contributed by atoms with Crippen LogP contribution in [0.1, 0.15) is 31.0 Å². The highest BCUT2D eigenvalue weighted by Gasteiger charge is 2.12. The summed E-state index contributed by atoms with van der Waals surface area (Å²) >= 11 is 0. The molecule has 4 aromatic rings. The molecule has 0 aliphatic carbocycles. The molecule has 0 aliphatic heterocycles. The Hall–Kier alpha value is -3.67. The van der Waals surface area contributed by atoms with E-state index in [-0.39, 0.29) is 5.75 Å². The summed E-state index contributed by atoms with van der Waals surface area (Å²) in [4.78, 5) is 13.4. The molecule has 6 nitrogen and oxygen atoms in total. The lowest BCUT2D eigenvalue weighted by Crippen LogP contribution is -2.01. The summed E-state index contributed by atoms with van der Waals surface area (Å²) in [6, 6.07) is 16.5. The Kier molecular flexibility index (Phi) is 4.99. The summed E-state index contributed by atoms with van der Waals surface area (Å²) in [7, 11) is 0. The molecule has 0 aliphatic rings. The van der Waals surface area contributed by atoms with Gasteiger partial charge in [0.2, 0.25) is 0 Å². The van der Waals surface area contributed by atoms with E-state index >= 15 is 0 Å². The van der Waals surface area contributed by atoms with Crippen molar-refractivity contribution in [1.29, 1.82) is 0 Å². The number of nitrogens with one attached hydrogen (secondary N) is 1. The maximum absolute atomic E-state index is 9.47. The molecule has 29 heavy (non-hydrogen) atoms. The number of phenolic OH excluding ortho intramolecular Hbond substituents is 1. The molecule has 4 rings (SSSR count). The zero-order chi connectivity index (χ0) is 20.4. The van der Waals surface area contributed by atoms with Crippen LogP contribution in [0.15, 0.2) is 60.9 Å². The lowest BCUT2D eigenvalue weighted by atomic mass is 10.1. The lowest BCUT2D eigenvalue weighted by molar-refractivity contribution is 0.465. The molecule has 146 valence electrons. The number of aromatic hydroxyl groups is 1. The third-order valence-electron chi connectivity index (χ3n) is 4.56. The van der Waals surface area contributed by atoms with Crippen LogP contribution in [-0.4, -0.2) is 20.1 Å². The van der Waals surface area contributed by atoms with Gasteiger partial charge in [-0.05, 0) is 66.9 Å². The molecular formula is C23H22N4O2. The molecule has 0 spiro atoms. The lowest BCUT2D eigenvalue weighted by Gasteiger charge is -2.15. The number of fused-ring (bicyclic) bond motifs is 1. The van der Waals surface area contributed by atoms with E-state index in [1.165, 1.54) is 6.33 Å². The van der Waals surface area contributed by atoms with Gasteiger partial charge in [-0.15, -0.1) is 0 Å². The van der Waals surface area contributed by atoms with Gasteiger partial charge >= 0.3 is 0 Å². The Morgan fingerprint density at radius 2 is 1.76 bits per heavy atom. The van der Waals surface area contributed by atoms with Crippen LogP contribution in [0.25, 0.3) is 11.0 Å². The number of nitrogens with zero attached hydrogens (tertiary/aromatic N) is 3.